The second-order valence-corrected chi connectivity index (χ2v) is 8.51. The molecular weight excluding hydrogens is 432 g/mol. The molecule has 3 N–H and O–H groups in total. The molecule has 3 heterocycles. The first kappa shape index (κ1) is 21.2. The maximum Gasteiger partial charge on any atom is 0.0879 e. The highest BCUT2D eigenvalue weighted by Gasteiger charge is 2.24. The average molecular weight is 457 g/mol. The van der Waals surface area contributed by atoms with Crippen LogP contribution in [0.2, 0.25) is 5.02 Å². The summed E-state index contributed by atoms with van der Waals surface area (Å²) in [4.78, 5) is 12.6. The van der Waals surface area contributed by atoms with Crippen molar-refractivity contribution in [1.82, 2.24) is 15.4 Å². The molecule has 0 radical (unpaired) electrons. The fourth-order valence-corrected chi connectivity index (χ4v) is 4.54. The molecule has 5 rings (SSSR count). The van der Waals surface area contributed by atoms with Crippen LogP contribution in [-0.2, 0) is 0 Å². The molecule has 4 aromatic rings. The maximum absolute atomic E-state index is 6.10. The Morgan fingerprint density at radius 3 is 2.76 bits per heavy atom. The van der Waals surface area contributed by atoms with E-state index in [0.717, 1.165) is 56.1 Å². The number of nitrogens with one attached hydrogen (secondary N) is 3. The number of aliphatic imine (C=N–C) groups is 1. The summed E-state index contributed by atoms with van der Waals surface area (Å²) in [5.74, 6) is 0. The number of fused-ring (bicyclic) bond motifs is 2. The van der Waals surface area contributed by atoms with Crippen molar-refractivity contribution in [3.63, 3.8) is 0 Å². The number of aromatic nitrogens is 2. The summed E-state index contributed by atoms with van der Waals surface area (Å²) >= 11 is 6.10. The molecule has 0 saturated carbocycles. The highest BCUT2D eigenvalue weighted by Crippen LogP contribution is 2.35. The third kappa shape index (κ3) is 4.22. The topological polar surface area (TPSA) is 77.5 Å². The normalized spacial score (nSPS) is 16.2. The Hall–Kier alpha value is -3.64. The van der Waals surface area contributed by atoms with Crippen LogP contribution in [0.3, 0.4) is 0 Å². The molecule has 0 saturated heterocycles. The lowest BCUT2D eigenvalue weighted by molar-refractivity contribution is 0.712. The van der Waals surface area contributed by atoms with E-state index in [1.165, 1.54) is 5.56 Å². The van der Waals surface area contributed by atoms with Gasteiger partial charge in [-0.25, -0.2) is 0 Å². The number of aromatic amines is 1. The minimum atomic E-state index is 0.0862. The van der Waals surface area contributed by atoms with Crippen LogP contribution in [0.5, 0.6) is 0 Å². The number of nitrogens with zero attached hydrogens (tertiary/aromatic N) is 3. The summed E-state index contributed by atoms with van der Waals surface area (Å²) in [6.07, 6.45) is 6.60. The molecule has 0 bridgehead atoms. The SMILES string of the molecule is CNN=C(C)C1=NCCC(Nc2ccc(Cl)cc2)c2cc(-c3cncc4[nH]ccc34)ccc21. The van der Waals surface area contributed by atoms with Gasteiger partial charge in [-0.2, -0.15) is 5.10 Å². The Bertz CT molecular complexity index is 1350. The zero-order chi connectivity index (χ0) is 22.8. The zero-order valence-electron chi connectivity index (χ0n) is 18.6. The molecule has 0 aliphatic carbocycles. The van der Waals surface area contributed by atoms with Gasteiger partial charge in [0.15, 0.2) is 0 Å². The van der Waals surface area contributed by atoms with E-state index in [1.54, 1.807) is 7.05 Å². The predicted molar refractivity (Wildman–Crippen MR) is 138 cm³/mol. The van der Waals surface area contributed by atoms with Gasteiger partial charge in [0.05, 0.1) is 29.2 Å². The Kier molecular flexibility index (Phi) is 5.84. The van der Waals surface area contributed by atoms with Crippen LogP contribution in [-0.4, -0.2) is 35.0 Å². The Morgan fingerprint density at radius 2 is 1.94 bits per heavy atom. The summed E-state index contributed by atoms with van der Waals surface area (Å²) in [5, 5.41) is 9.98. The van der Waals surface area contributed by atoms with E-state index in [2.05, 4.69) is 50.1 Å². The monoisotopic (exact) mass is 456 g/mol. The van der Waals surface area contributed by atoms with Gasteiger partial charge in [-0.3, -0.25) is 9.98 Å². The van der Waals surface area contributed by atoms with Crippen molar-refractivity contribution in [2.75, 3.05) is 18.9 Å². The van der Waals surface area contributed by atoms with Crippen LogP contribution < -0.4 is 10.7 Å². The van der Waals surface area contributed by atoms with Crippen LogP contribution in [0.4, 0.5) is 5.69 Å². The minimum Gasteiger partial charge on any atom is -0.378 e. The van der Waals surface area contributed by atoms with E-state index < -0.39 is 0 Å². The summed E-state index contributed by atoms with van der Waals surface area (Å²) in [6.45, 7) is 2.69. The lowest BCUT2D eigenvalue weighted by Crippen LogP contribution is -2.18. The van der Waals surface area contributed by atoms with Gasteiger partial charge in [0, 0.05) is 53.2 Å². The van der Waals surface area contributed by atoms with E-state index in [0.29, 0.717) is 6.54 Å². The largest absolute Gasteiger partial charge is 0.378 e. The molecule has 166 valence electrons. The van der Waals surface area contributed by atoms with Gasteiger partial charge >= 0.3 is 0 Å². The summed E-state index contributed by atoms with van der Waals surface area (Å²) < 4.78 is 0. The number of rotatable bonds is 5. The standard InChI is InChI=1S/C26H25ClN6/c1-16(33-28-2)26-21-8-3-17(23-14-29-15-25-20(23)9-11-30-25)13-22(21)24(10-12-31-26)32-19-6-4-18(27)5-7-19/h3-9,11,13-15,24,28,30,32H,10,12H2,1-2H3. The van der Waals surface area contributed by atoms with Gasteiger partial charge in [-0.1, -0.05) is 23.7 Å². The molecule has 0 fully saturated rings. The number of hydrazone groups is 1. The highest BCUT2D eigenvalue weighted by atomic mass is 35.5. The first-order valence-electron chi connectivity index (χ1n) is 11.0. The third-order valence-electron chi connectivity index (χ3n) is 5.96. The highest BCUT2D eigenvalue weighted by molar-refractivity contribution is 6.48. The summed E-state index contributed by atoms with van der Waals surface area (Å²) in [5.41, 5.74) is 11.2. The molecule has 7 heteroatoms. The second kappa shape index (κ2) is 9.08. The number of hydrogen-bond acceptors (Lipinski definition) is 5. The van der Waals surface area contributed by atoms with Crippen molar-refractivity contribution in [1.29, 1.82) is 0 Å². The quantitative estimate of drug-likeness (QED) is 0.261. The summed E-state index contributed by atoms with van der Waals surface area (Å²) in [6, 6.07) is 16.6. The fourth-order valence-electron chi connectivity index (χ4n) is 4.42. The van der Waals surface area contributed by atoms with E-state index in [-0.39, 0.29) is 6.04 Å². The maximum atomic E-state index is 6.10. The minimum absolute atomic E-state index is 0.0862. The lowest BCUT2D eigenvalue weighted by Gasteiger charge is -2.22. The molecule has 0 amide bonds. The van der Waals surface area contributed by atoms with Gasteiger partial charge < -0.3 is 15.7 Å². The number of anilines is 1. The van der Waals surface area contributed by atoms with Gasteiger partial charge in [0.1, 0.15) is 0 Å². The van der Waals surface area contributed by atoms with E-state index in [4.69, 9.17) is 16.6 Å². The smallest absolute Gasteiger partial charge is 0.0879 e. The number of benzene rings is 2. The van der Waals surface area contributed by atoms with E-state index in [9.17, 15) is 0 Å². The lowest BCUT2D eigenvalue weighted by atomic mass is 9.90. The molecule has 1 aliphatic rings. The molecule has 6 nitrogen and oxygen atoms in total. The van der Waals surface area contributed by atoms with Crippen LogP contribution >= 0.6 is 11.6 Å². The molecular formula is C26H25ClN6. The van der Waals surface area contributed by atoms with Gasteiger partial charge in [0.25, 0.3) is 0 Å². The van der Waals surface area contributed by atoms with Crippen LogP contribution in [0, 0.1) is 0 Å². The molecule has 33 heavy (non-hydrogen) atoms. The van der Waals surface area contributed by atoms with Crippen LogP contribution in [0.25, 0.3) is 22.0 Å². The van der Waals surface area contributed by atoms with E-state index >= 15 is 0 Å². The number of H-pyrrole nitrogens is 1. The molecule has 1 aliphatic heterocycles. The average Bonchev–Trinajstić information content (AvgIpc) is 3.24. The first-order valence-corrected chi connectivity index (χ1v) is 11.4. The van der Waals surface area contributed by atoms with Crippen molar-refractivity contribution < 1.29 is 0 Å². The van der Waals surface area contributed by atoms with Crippen molar-refractivity contribution in [3.8, 4) is 11.1 Å². The van der Waals surface area contributed by atoms with Gasteiger partial charge in [-0.15, -0.1) is 0 Å². The van der Waals surface area contributed by atoms with Crippen LogP contribution in [0.15, 0.2) is 77.2 Å². The van der Waals surface area contributed by atoms with Crippen molar-refractivity contribution >= 4 is 39.6 Å². The number of halogens is 1. The van der Waals surface area contributed by atoms with Crippen molar-refractivity contribution in [3.05, 3.63) is 83.3 Å². The first-order chi connectivity index (χ1) is 16.1. The van der Waals surface area contributed by atoms with E-state index in [1.807, 2.05) is 49.8 Å². The molecule has 1 atom stereocenters. The third-order valence-corrected chi connectivity index (χ3v) is 6.22. The number of pyridine rings is 1. The van der Waals surface area contributed by atoms with Crippen molar-refractivity contribution in [2.45, 2.75) is 19.4 Å². The molecule has 2 aromatic heterocycles. The summed E-state index contributed by atoms with van der Waals surface area (Å²) in [7, 11) is 1.81. The number of hydrogen-bond donors (Lipinski definition) is 3. The molecule has 1 unspecified atom stereocenters. The predicted octanol–water partition coefficient (Wildman–Crippen LogP) is 5.82. The van der Waals surface area contributed by atoms with Gasteiger partial charge in [0.2, 0.25) is 0 Å². The second-order valence-electron chi connectivity index (χ2n) is 8.07. The van der Waals surface area contributed by atoms with Gasteiger partial charge in [-0.05, 0) is 60.9 Å². The van der Waals surface area contributed by atoms with Crippen LogP contribution in [0.1, 0.15) is 30.5 Å². The fraction of sp³-hybridized carbons (Fsp3) is 0.192. The Balaban J connectivity index is 1.63. The molecule has 2 aromatic carbocycles. The Morgan fingerprint density at radius 1 is 1.09 bits per heavy atom. The molecule has 0 spiro atoms. The zero-order valence-corrected chi connectivity index (χ0v) is 19.3. The van der Waals surface area contributed by atoms with Crippen molar-refractivity contribution in [2.24, 2.45) is 10.1 Å². The Labute approximate surface area is 197 Å².